The van der Waals surface area contributed by atoms with Gasteiger partial charge in [-0.3, -0.25) is 9.98 Å². The van der Waals surface area contributed by atoms with Crippen molar-refractivity contribution in [1.29, 1.82) is 0 Å². The molecule has 0 saturated heterocycles. The summed E-state index contributed by atoms with van der Waals surface area (Å²) in [6.07, 6.45) is 3.38. The van der Waals surface area contributed by atoms with Gasteiger partial charge >= 0.3 is 0 Å². The standard InChI is InChI=1S/C14H13ClN2O/c1-18-12-6-4-11(5-7-12)9-16-10-14-13(15)3-2-8-17-14/h2-8,10H,9H2,1H3/b16-10+. The summed E-state index contributed by atoms with van der Waals surface area (Å²) in [7, 11) is 1.65. The Morgan fingerprint density at radius 1 is 1.28 bits per heavy atom. The predicted octanol–water partition coefficient (Wildman–Crippen LogP) is 3.36. The molecule has 3 nitrogen and oxygen atoms in total. The minimum Gasteiger partial charge on any atom is -0.497 e. The maximum atomic E-state index is 5.98. The van der Waals surface area contributed by atoms with Gasteiger partial charge in [0, 0.05) is 12.4 Å². The van der Waals surface area contributed by atoms with E-state index in [2.05, 4.69) is 9.98 Å². The Morgan fingerprint density at radius 2 is 2.06 bits per heavy atom. The molecule has 4 heteroatoms. The van der Waals surface area contributed by atoms with Gasteiger partial charge in [-0.25, -0.2) is 0 Å². The van der Waals surface area contributed by atoms with Gasteiger partial charge in [0.2, 0.25) is 0 Å². The van der Waals surface area contributed by atoms with Gasteiger partial charge in [-0.05, 0) is 29.8 Å². The van der Waals surface area contributed by atoms with Crippen LogP contribution in [-0.2, 0) is 6.54 Å². The molecule has 1 aromatic heterocycles. The SMILES string of the molecule is COc1ccc(C/N=C/c2ncccc2Cl)cc1. The molecule has 0 aliphatic heterocycles. The van der Waals surface area contributed by atoms with Crippen LogP contribution < -0.4 is 4.74 Å². The number of halogens is 1. The fourth-order valence-electron chi connectivity index (χ4n) is 1.46. The Morgan fingerprint density at radius 3 is 2.72 bits per heavy atom. The highest BCUT2D eigenvalue weighted by Gasteiger charge is 1.96. The molecule has 18 heavy (non-hydrogen) atoms. The number of pyridine rings is 1. The van der Waals surface area contributed by atoms with E-state index >= 15 is 0 Å². The Hall–Kier alpha value is -1.87. The van der Waals surface area contributed by atoms with E-state index in [9.17, 15) is 0 Å². The van der Waals surface area contributed by atoms with Gasteiger partial charge in [0.25, 0.3) is 0 Å². The lowest BCUT2D eigenvalue weighted by molar-refractivity contribution is 0.414. The number of hydrogen-bond donors (Lipinski definition) is 0. The fourth-order valence-corrected chi connectivity index (χ4v) is 1.63. The highest BCUT2D eigenvalue weighted by Crippen LogP contribution is 2.13. The minimum absolute atomic E-state index is 0.594. The molecule has 0 spiro atoms. The molecule has 2 rings (SSSR count). The largest absolute Gasteiger partial charge is 0.497 e. The van der Waals surface area contributed by atoms with E-state index in [-0.39, 0.29) is 0 Å². The molecule has 0 radical (unpaired) electrons. The highest BCUT2D eigenvalue weighted by atomic mass is 35.5. The van der Waals surface area contributed by atoms with Crippen molar-refractivity contribution >= 4 is 17.8 Å². The van der Waals surface area contributed by atoms with Crippen LogP contribution >= 0.6 is 11.6 Å². The smallest absolute Gasteiger partial charge is 0.118 e. The molecule has 1 heterocycles. The van der Waals surface area contributed by atoms with Crippen LogP contribution in [0.3, 0.4) is 0 Å². The second-order valence-corrected chi connectivity index (χ2v) is 4.10. The van der Waals surface area contributed by atoms with Crippen LogP contribution in [0.1, 0.15) is 11.3 Å². The zero-order chi connectivity index (χ0) is 12.8. The first-order valence-electron chi connectivity index (χ1n) is 5.53. The van der Waals surface area contributed by atoms with Crippen molar-refractivity contribution < 1.29 is 4.74 Å². The number of nitrogens with zero attached hydrogens (tertiary/aromatic N) is 2. The summed E-state index contributed by atoms with van der Waals surface area (Å²) in [5.41, 5.74) is 1.80. The van der Waals surface area contributed by atoms with E-state index in [0.29, 0.717) is 17.3 Å². The van der Waals surface area contributed by atoms with E-state index in [1.165, 1.54) is 0 Å². The van der Waals surface area contributed by atoms with Crippen molar-refractivity contribution in [3.63, 3.8) is 0 Å². The summed E-state index contributed by atoms with van der Waals surface area (Å²) in [4.78, 5) is 8.45. The zero-order valence-electron chi connectivity index (χ0n) is 10.0. The third-order valence-electron chi connectivity index (χ3n) is 2.43. The number of ether oxygens (including phenoxy) is 1. The summed E-state index contributed by atoms with van der Waals surface area (Å²) in [6, 6.07) is 11.4. The average molecular weight is 261 g/mol. The summed E-state index contributed by atoms with van der Waals surface area (Å²) in [5, 5.41) is 0.607. The van der Waals surface area contributed by atoms with Gasteiger partial charge in [0.05, 0.1) is 24.4 Å². The second-order valence-electron chi connectivity index (χ2n) is 3.69. The molecule has 0 bridgehead atoms. The topological polar surface area (TPSA) is 34.5 Å². The van der Waals surface area contributed by atoms with Gasteiger partial charge in [0.15, 0.2) is 0 Å². The summed E-state index contributed by atoms with van der Waals surface area (Å²) in [5.74, 6) is 0.843. The lowest BCUT2D eigenvalue weighted by atomic mass is 10.2. The van der Waals surface area contributed by atoms with Crippen LogP contribution in [-0.4, -0.2) is 18.3 Å². The third-order valence-corrected chi connectivity index (χ3v) is 2.75. The van der Waals surface area contributed by atoms with Crippen molar-refractivity contribution in [2.45, 2.75) is 6.54 Å². The molecular formula is C14H13ClN2O. The number of aliphatic imine (C=N–C) groups is 1. The first kappa shape index (κ1) is 12.6. The molecular weight excluding hydrogens is 248 g/mol. The molecule has 0 unspecified atom stereocenters. The van der Waals surface area contributed by atoms with Crippen molar-refractivity contribution in [3.05, 3.63) is 58.9 Å². The van der Waals surface area contributed by atoms with Crippen molar-refractivity contribution in [1.82, 2.24) is 4.98 Å². The molecule has 0 fully saturated rings. The van der Waals surface area contributed by atoms with Gasteiger partial charge in [-0.1, -0.05) is 23.7 Å². The Bertz CT molecular complexity index is 538. The van der Waals surface area contributed by atoms with Gasteiger partial charge < -0.3 is 4.74 Å². The molecule has 0 atom stereocenters. The lowest BCUT2D eigenvalue weighted by Crippen LogP contribution is -1.89. The van der Waals surface area contributed by atoms with Gasteiger partial charge in [0.1, 0.15) is 5.75 Å². The quantitative estimate of drug-likeness (QED) is 0.790. The monoisotopic (exact) mass is 260 g/mol. The molecule has 0 aliphatic rings. The van der Waals surface area contributed by atoms with Crippen molar-refractivity contribution in [2.75, 3.05) is 7.11 Å². The normalized spacial score (nSPS) is 10.8. The van der Waals surface area contributed by atoms with Crippen LogP contribution in [0.2, 0.25) is 5.02 Å². The summed E-state index contributed by atoms with van der Waals surface area (Å²) in [6.45, 7) is 0.594. The molecule has 0 amide bonds. The molecule has 2 aromatic rings. The second kappa shape index (κ2) is 6.17. The molecule has 0 N–H and O–H groups in total. The number of benzene rings is 1. The number of aromatic nitrogens is 1. The third kappa shape index (κ3) is 3.31. The first-order valence-corrected chi connectivity index (χ1v) is 5.90. The minimum atomic E-state index is 0.594. The summed E-state index contributed by atoms with van der Waals surface area (Å²) >= 11 is 5.98. The van der Waals surface area contributed by atoms with Crippen LogP contribution in [0.4, 0.5) is 0 Å². The number of hydrogen-bond acceptors (Lipinski definition) is 3. The highest BCUT2D eigenvalue weighted by molar-refractivity contribution is 6.32. The molecule has 1 aromatic carbocycles. The van der Waals surface area contributed by atoms with E-state index in [4.69, 9.17) is 16.3 Å². The maximum Gasteiger partial charge on any atom is 0.118 e. The molecule has 0 saturated carbocycles. The van der Waals surface area contributed by atoms with E-state index in [0.717, 1.165) is 11.3 Å². The Balaban J connectivity index is 2.00. The Labute approximate surface area is 111 Å². The average Bonchev–Trinajstić information content (AvgIpc) is 2.42. The number of methoxy groups -OCH3 is 1. The predicted molar refractivity (Wildman–Crippen MR) is 73.5 cm³/mol. The van der Waals surface area contributed by atoms with Gasteiger partial charge in [-0.2, -0.15) is 0 Å². The van der Waals surface area contributed by atoms with E-state index < -0.39 is 0 Å². The van der Waals surface area contributed by atoms with Crippen LogP contribution in [0, 0.1) is 0 Å². The summed E-state index contributed by atoms with van der Waals surface area (Å²) < 4.78 is 5.09. The first-order chi connectivity index (χ1) is 8.79. The van der Waals surface area contributed by atoms with Crippen LogP contribution in [0.5, 0.6) is 5.75 Å². The fraction of sp³-hybridized carbons (Fsp3) is 0.143. The van der Waals surface area contributed by atoms with Crippen molar-refractivity contribution in [3.8, 4) is 5.75 Å². The van der Waals surface area contributed by atoms with Crippen LogP contribution in [0.25, 0.3) is 0 Å². The van der Waals surface area contributed by atoms with E-state index in [1.807, 2.05) is 24.3 Å². The zero-order valence-corrected chi connectivity index (χ0v) is 10.8. The van der Waals surface area contributed by atoms with Crippen LogP contribution in [0.15, 0.2) is 47.6 Å². The molecule has 0 aliphatic carbocycles. The molecule has 92 valence electrons. The van der Waals surface area contributed by atoms with Gasteiger partial charge in [-0.15, -0.1) is 0 Å². The lowest BCUT2D eigenvalue weighted by Gasteiger charge is -2.00. The Kier molecular flexibility index (Phi) is 4.31. The van der Waals surface area contributed by atoms with E-state index in [1.54, 1.807) is 31.7 Å². The van der Waals surface area contributed by atoms with Crippen molar-refractivity contribution in [2.24, 2.45) is 4.99 Å². The maximum absolute atomic E-state index is 5.98. The number of rotatable bonds is 4.